The van der Waals surface area contributed by atoms with Crippen molar-refractivity contribution in [1.82, 2.24) is 4.31 Å². The van der Waals surface area contributed by atoms with E-state index in [1.54, 1.807) is 29.6 Å². The van der Waals surface area contributed by atoms with Crippen LogP contribution in [0.3, 0.4) is 0 Å². The molecule has 1 saturated heterocycles. The molecule has 1 aromatic rings. The van der Waals surface area contributed by atoms with Crippen molar-refractivity contribution in [1.29, 1.82) is 0 Å². The van der Waals surface area contributed by atoms with E-state index in [1.807, 2.05) is 6.92 Å². The van der Waals surface area contributed by atoms with Gasteiger partial charge in [-0.2, -0.15) is 4.31 Å². The summed E-state index contributed by atoms with van der Waals surface area (Å²) in [5, 5.41) is 0. The monoisotopic (exact) mass is 376 g/mol. The van der Waals surface area contributed by atoms with Crippen molar-refractivity contribution in [3.63, 3.8) is 0 Å². The minimum atomic E-state index is -3.48. The van der Waals surface area contributed by atoms with Crippen molar-refractivity contribution >= 4 is 26.0 Å². The van der Waals surface area contributed by atoms with Gasteiger partial charge < -0.3 is 10.5 Å². The Morgan fingerprint density at radius 3 is 2.76 bits per heavy atom. The van der Waals surface area contributed by atoms with Gasteiger partial charge in [-0.1, -0.05) is 0 Å². The number of halogens is 1. The first kappa shape index (κ1) is 16.7. The van der Waals surface area contributed by atoms with Crippen LogP contribution in [0, 0.1) is 5.92 Å². The lowest BCUT2D eigenvalue weighted by Crippen LogP contribution is -2.44. The van der Waals surface area contributed by atoms with Gasteiger partial charge in [0.25, 0.3) is 0 Å². The van der Waals surface area contributed by atoms with Crippen molar-refractivity contribution in [3.05, 3.63) is 22.7 Å². The van der Waals surface area contributed by atoms with Crippen molar-refractivity contribution in [2.75, 3.05) is 20.2 Å². The molecule has 2 rings (SSSR count). The first-order valence-corrected chi connectivity index (χ1v) is 9.19. The maximum Gasteiger partial charge on any atom is 0.243 e. The van der Waals surface area contributed by atoms with Gasteiger partial charge in [-0.3, -0.25) is 0 Å². The molecule has 1 aromatic carbocycles. The zero-order valence-corrected chi connectivity index (χ0v) is 14.7. The molecular formula is C14H21BrN2O3S. The van der Waals surface area contributed by atoms with Crippen LogP contribution in [-0.2, 0) is 10.0 Å². The predicted molar refractivity (Wildman–Crippen MR) is 85.8 cm³/mol. The first-order chi connectivity index (χ1) is 9.86. The van der Waals surface area contributed by atoms with Crippen LogP contribution in [0.1, 0.15) is 19.8 Å². The Kier molecular flexibility index (Phi) is 5.29. The third-order valence-corrected chi connectivity index (χ3v) is 6.41. The van der Waals surface area contributed by atoms with Gasteiger partial charge in [0.05, 0.1) is 16.5 Å². The number of piperidine rings is 1. The third kappa shape index (κ3) is 3.59. The SMILES string of the molecule is COc1ccc(S(=O)(=O)N2CCC[C@@H]([C@H](C)N)C2)cc1Br. The molecule has 7 heteroatoms. The zero-order chi connectivity index (χ0) is 15.6. The lowest BCUT2D eigenvalue weighted by atomic mass is 9.93. The van der Waals surface area contributed by atoms with Crippen LogP contribution in [0.15, 0.2) is 27.6 Å². The second-order valence-electron chi connectivity index (χ2n) is 5.42. The highest BCUT2D eigenvalue weighted by Gasteiger charge is 2.31. The Hall–Kier alpha value is -0.630. The molecule has 0 aromatic heterocycles. The first-order valence-electron chi connectivity index (χ1n) is 6.95. The Morgan fingerprint density at radius 1 is 1.48 bits per heavy atom. The standard InChI is InChI=1S/C14H21BrN2O3S/c1-10(16)11-4-3-7-17(9-11)21(18,19)12-5-6-14(20-2)13(15)8-12/h5-6,8,10-11H,3-4,7,9,16H2,1-2H3/t10-,11+/m0/s1. The van der Waals surface area contributed by atoms with Crippen LogP contribution < -0.4 is 10.5 Å². The topological polar surface area (TPSA) is 72.6 Å². The fourth-order valence-corrected chi connectivity index (χ4v) is 4.83. The molecular weight excluding hydrogens is 356 g/mol. The molecule has 1 aliphatic heterocycles. The fourth-order valence-electron chi connectivity index (χ4n) is 2.58. The van der Waals surface area contributed by atoms with E-state index in [-0.39, 0.29) is 16.9 Å². The van der Waals surface area contributed by atoms with Crippen molar-refractivity contribution in [3.8, 4) is 5.75 Å². The molecule has 0 bridgehead atoms. The molecule has 0 saturated carbocycles. The summed E-state index contributed by atoms with van der Waals surface area (Å²) in [6, 6.07) is 4.83. The van der Waals surface area contributed by atoms with E-state index in [2.05, 4.69) is 15.9 Å². The maximum atomic E-state index is 12.7. The predicted octanol–water partition coefficient (Wildman–Crippen LogP) is 2.21. The molecule has 0 amide bonds. The van der Waals surface area contributed by atoms with Crippen LogP contribution >= 0.6 is 15.9 Å². The number of nitrogens with zero attached hydrogens (tertiary/aromatic N) is 1. The smallest absolute Gasteiger partial charge is 0.243 e. The molecule has 1 heterocycles. The minimum absolute atomic E-state index is 0.00519. The van der Waals surface area contributed by atoms with Gasteiger partial charge in [0.1, 0.15) is 5.75 Å². The van der Waals surface area contributed by atoms with Crippen LogP contribution in [-0.4, -0.2) is 39.0 Å². The van der Waals surface area contributed by atoms with E-state index in [9.17, 15) is 8.42 Å². The number of hydrogen-bond acceptors (Lipinski definition) is 4. The minimum Gasteiger partial charge on any atom is -0.496 e. The Balaban J connectivity index is 2.27. The molecule has 0 radical (unpaired) electrons. The summed E-state index contributed by atoms with van der Waals surface area (Å²) in [7, 11) is -1.94. The van der Waals surface area contributed by atoms with E-state index in [1.165, 1.54) is 0 Å². The van der Waals surface area contributed by atoms with E-state index in [4.69, 9.17) is 10.5 Å². The summed E-state index contributed by atoms with van der Waals surface area (Å²) in [6.07, 6.45) is 1.83. The molecule has 21 heavy (non-hydrogen) atoms. The fraction of sp³-hybridized carbons (Fsp3) is 0.571. The molecule has 5 nitrogen and oxygen atoms in total. The maximum absolute atomic E-state index is 12.7. The number of methoxy groups -OCH3 is 1. The van der Waals surface area contributed by atoms with Gasteiger partial charge >= 0.3 is 0 Å². The Labute approximate surface area is 134 Å². The molecule has 1 fully saturated rings. The van der Waals surface area contributed by atoms with Gasteiger partial charge in [-0.25, -0.2) is 8.42 Å². The van der Waals surface area contributed by atoms with Crippen molar-refractivity contribution in [2.24, 2.45) is 11.7 Å². The quantitative estimate of drug-likeness (QED) is 0.873. The molecule has 0 unspecified atom stereocenters. The van der Waals surface area contributed by atoms with Gasteiger partial charge in [0, 0.05) is 19.1 Å². The van der Waals surface area contributed by atoms with Crippen molar-refractivity contribution in [2.45, 2.75) is 30.7 Å². The largest absolute Gasteiger partial charge is 0.496 e. The van der Waals surface area contributed by atoms with Crippen molar-refractivity contribution < 1.29 is 13.2 Å². The summed E-state index contributed by atoms with van der Waals surface area (Å²) >= 11 is 3.33. The number of benzene rings is 1. The highest BCUT2D eigenvalue weighted by Crippen LogP contribution is 2.30. The van der Waals surface area contributed by atoms with Crippen LogP contribution in [0.2, 0.25) is 0 Å². The van der Waals surface area contributed by atoms with Crippen LogP contribution in [0.5, 0.6) is 5.75 Å². The number of rotatable bonds is 4. The molecule has 0 aliphatic carbocycles. The normalized spacial score (nSPS) is 22.0. The second-order valence-corrected chi connectivity index (χ2v) is 8.21. The van der Waals surface area contributed by atoms with E-state index in [0.717, 1.165) is 12.8 Å². The molecule has 1 aliphatic rings. The average molecular weight is 377 g/mol. The van der Waals surface area contributed by atoms with Gasteiger partial charge in [-0.15, -0.1) is 0 Å². The molecule has 2 atom stereocenters. The lowest BCUT2D eigenvalue weighted by Gasteiger charge is -2.33. The number of ether oxygens (including phenoxy) is 1. The summed E-state index contributed by atoms with van der Waals surface area (Å²) in [5.41, 5.74) is 5.93. The van der Waals surface area contributed by atoms with Gasteiger partial charge in [0.15, 0.2) is 0 Å². The van der Waals surface area contributed by atoms with E-state index >= 15 is 0 Å². The lowest BCUT2D eigenvalue weighted by molar-refractivity contribution is 0.243. The van der Waals surface area contributed by atoms with E-state index in [0.29, 0.717) is 23.3 Å². The third-order valence-electron chi connectivity index (χ3n) is 3.93. The highest BCUT2D eigenvalue weighted by molar-refractivity contribution is 9.10. The summed E-state index contributed by atoms with van der Waals surface area (Å²) in [5.74, 6) is 0.830. The number of hydrogen-bond donors (Lipinski definition) is 1. The average Bonchev–Trinajstić information content (AvgIpc) is 2.47. The summed E-state index contributed by atoms with van der Waals surface area (Å²) < 4.78 is 32.8. The number of nitrogens with two attached hydrogens (primary N) is 1. The Morgan fingerprint density at radius 2 is 2.19 bits per heavy atom. The summed E-state index contributed by atoms with van der Waals surface area (Å²) in [6.45, 7) is 2.98. The Bertz CT molecular complexity index is 604. The van der Waals surface area contributed by atoms with Gasteiger partial charge in [-0.05, 0) is 59.8 Å². The summed E-state index contributed by atoms with van der Waals surface area (Å²) in [4.78, 5) is 0.278. The van der Waals surface area contributed by atoms with E-state index < -0.39 is 10.0 Å². The van der Waals surface area contributed by atoms with Gasteiger partial charge in [0.2, 0.25) is 10.0 Å². The second kappa shape index (κ2) is 6.64. The molecule has 118 valence electrons. The van der Waals surface area contributed by atoms with Crippen LogP contribution in [0.25, 0.3) is 0 Å². The number of sulfonamides is 1. The zero-order valence-electron chi connectivity index (χ0n) is 12.3. The molecule has 0 spiro atoms. The molecule has 2 N–H and O–H groups in total. The van der Waals surface area contributed by atoms with Crippen LogP contribution in [0.4, 0.5) is 0 Å². The highest BCUT2D eigenvalue weighted by atomic mass is 79.9.